The third-order valence-electron chi connectivity index (χ3n) is 11.9. The Labute approximate surface area is 371 Å². The van der Waals surface area contributed by atoms with Crippen LogP contribution in [0.3, 0.4) is 0 Å². The first-order valence-corrected chi connectivity index (χ1v) is 21.2. The molecule has 6 nitrogen and oxygen atoms in total. The Morgan fingerprint density at radius 2 is 1.26 bits per heavy atom. The molecule has 0 atom stereocenters. The van der Waals surface area contributed by atoms with Crippen molar-refractivity contribution in [2.24, 2.45) is 0 Å². The summed E-state index contributed by atoms with van der Waals surface area (Å²) in [5.74, 6) is 2.69. The van der Waals surface area contributed by atoms with E-state index in [1.165, 1.54) is 44.1 Å². The van der Waals surface area contributed by atoms with Crippen LogP contribution in [0.4, 0.5) is 0 Å². The number of rotatable bonds is 10. The normalized spacial score (nSPS) is 11.7. The molecule has 0 fully saturated rings. The second-order valence-electron chi connectivity index (χ2n) is 16.2. The molecule has 4 heterocycles. The number of nitrogens with zero attached hydrogens (tertiary/aromatic N) is 5. The van der Waals surface area contributed by atoms with Gasteiger partial charge >= 0.3 is 21.1 Å². The van der Waals surface area contributed by atoms with E-state index in [2.05, 4.69) is 172 Å². The molecular formula is C54H47N5OPt. The molecule has 0 aliphatic rings. The molecule has 7 heteroatoms. The van der Waals surface area contributed by atoms with Crippen molar-refractivity contribution in [3.05, 3.63) is 174 Å². The van der Waals surface area contributed by atoms with Gasteiger partial charge in [0, 0.05) is 51.3 Å². The molecule has 0 spiro atoms. The molecule has 0 amide bonds. The van der Waals surface area contributed by atoms with Gasteiger partial charge in [0.15, 0.2) is 0 Å². The molecular weight excluding hydrogens is 930 g/mol. The Bertz CT molecular complexity index is 3160. The number of aromatic nitrogens is 5. The largest absolute Gasteiger partial charge is 2.00 e. The molecule has 0 saturated carbocycles. The number of aryl methyl sites for hydroxylation is 1. The number of hydrogen-bond acceptors (Lipinski definition) is 3. The molecule has 0 saturated heterocycles. The first kappa shape index (κ1) is 40.2. The number of para-hydroxylation sites is 3. The fourth-order valence-electron chi connectivity index (χ4n) is 9.15. The Kier molecular flexibility index (Phi) is 10.8. The van der Waals surface area contributed by atoms with Crippen molar-refractivity contribution in [1.29, 1.82) is 0 Å². The van der Waals surface area contributed by atoms with E-state index in [0.717, 1.165) is 63.2 Å². The summed E-state index contributed by atoms with van der Waals surface area (Å²) in [6.45, 7) is 13.5. The number of fused-ring (bicyclic) bond motifs is 6. The van der Waals surface area contributed by atoms with E-state index in [9.17, 15) is 0 Å². The summed E-state index contributed by atoms with van der Waals surface area (Å²) in [4.78, 5) is 5.05. The Morgan fingerprint density at radius 3 is 1.95 bits per heavy atom. The maximum absolute atomic E-state index is 6.62. The monoisotopic (exact) mass is 976 g/mol. The minimum Gasteiger partial charge on any atom is -0.509 e. The summed E-state index contributed by atoms with van der Waals surface area (Å²) in [5.41, 5.74) is 13.6. The number of hydrogen-bond donors (Lipinski definition) is 0. The van der Waals surface area contributed by atoms with E-state index in [1.54, 1.807) is 0 Å². The molecule has 6 aromatic carbocycles. The summed E-state index contributed by atoms with van der Waals surface area (Å²) in [7, 11) is 0. The van der Waals surface area contributed by atoms with Crippen LogP contribution in [0.1, 0.15) is 75.9 Å². The fraction of sp³-hybridized carbons (Fsp3) is 0.185. The molecule has 10 rings (SSSR count). The fourth-order valence-corrected chi connectivity index (χ4v) is 9.15. The molecule has 0 radical (unpaired) electrons. The van der Waals surface area contributed by atoms with Gasteiger partial charge in [-0.15, -0.1) is 35.7 Å². The van der Waals surface area contributed by atoms with Gasteiger partial charge in [0.25, 0.3) is 0 Å². The predicted molar refractivity (Wildman–Crippen MR) is 247 cm³/mol. The standard InChI is InChI=1S/C54H47N5O.Pt/c1-7-47-52(36-17-10-9-11-18-36)48(8-2)59(56-47)38-19-14-20-39(31-38)60-40-27-28-44-43-21-12-13-26-49(43)58(50(44)33-40)51-32-37(29-30-55-51)57-53-41(34(3)4)22-15-24-45(53)46-25-16-23-42(35(5)6)54(46)57;/h9-30,32,34-35H,7-8H2,1-6H3;/q-2;+2. The van der Waals surface area contributed by atoms with Gasteiger partial charge in [0.05, 0.1) is 22.4 Å². The van der Waals surface area contributed by atoms with Crippen molar-refractivity contribution in [3.63, 3.8) is 0 Å². The van der Waals surface area contributed by atoms with E-state index >= 15 is 0 Å². The average molecular weight is 977 g/mol. The average Bonchev–Trinajstić information content (AvgIpc) is 3.94. The zero-order chi connectivity index (χ0) is 41.1. The van der Waals surface area contributed by atoms with Crippen molar-refractivity contribution >= 4 is 43.6 Å². The van der Waals surface area contributed by atoms with Crippen molar-refractivity contribution in [2.45, 2.75) is 66.2 Å². The Morgan fingerprint density at radius 1 is 0.607 bits per heavy atom. The number of pyridine rings is 1. The summed E-state index contributed by atoms with van der Waals surface area (Å²) in [5, 5.41) is 9.84. The van der Waals surface area contributed by atoms with Gasteiger partial charge in [0.1, 0.15) is 5.82 Å². The number of benzene rings is 6. The second-order valence-corrected chi connectivity index (χ2v) is 16.2. The summed E-state index contributed by atoms with van der Waals surface area (Å²) >= 11 is 0. The summed E-state index contributed by atoms with van der Waals surface area (Å²) in [6.07, 6.45) is 3.60. The number of ether oxygens (including phenoxy) is 1. The Balaban J connectivity index is 0.00000476. The van der Waals surface area contributed by atoms with Crippen LogP contribution in [0.5, 0.6) is 11.5 Å². The maximum atomic E-state index is 6.62. The minimum absolute atomic E-state index is 0. The maximum Gasteiger partial charge on any atom is 2.00 e. The van der Waals surface area contributed by atoms with E-state index in [1.807, 2.05) is 35.1 Å². The third-order valence-corrected chi connectivity index (χ3v) is 11.9. The molecule has 0 aliphatic carbocycles. The van der Waals surface area contributed by atoms with Gasteiger partial charge in [0.2, 0.25) is 0 Å². The van der Waals surface area contributed by atoms with Crippen LogP contribution in [0.2, 0.25) is 0 Å². The van der Waals surface area contributed by atoms with Crippen molar-refractivity contribution in [2.75, 3.05) is 0 Å². The molecule has 10 aromatic rings. The SMILES string of the molecule is CCc1nn(-c2[c-]c(Oc3[c-]c4c(cc3)c3ccccc3n4-c3cc(-n4c5c(C(C)C)cccc5c5cccc(C(C)C)c54)ccn3)ccc2)c(CC)c1-c1ccccc1.[Pt+2]. The van der Waals surface area contributed by atoms with Crippen LogP contribution < -0.4 is 4.74 Å². The molecule has 304 valence electrons. The van der Waals surface area contributed by atoms with Crippen LogP contribution in [0.15, 0.2) is 140 Å². The van der Waals surface area contributed by atoms with Gasteiger partial charge < -0.3 is 13.9 Å². The van der Waals surface area contributed by atoms with E-state index in [4.69, 9.17) is 14.8 Å². The van der Waals surface area contributed by atoms with Crippen molar-refractivity contribution in [1.82, 2.24) is 23.9 Å². The van der Waals surface area contributed by atoms with E-state index in [0.29, 0.717) is 23.3 Å². The van der Waals surface area contributed by atoms with Gasteiger partial charge in [-0.05, 0) is 64.6 Å². The van der Waals surface area contributed by atoms with Gasteiger partial charge in [-0.25, -0.2) is 4.98 Å². The molecule has 0 unspecified atom stereocenters. The Hall–Kier alpha value is -6.23. The van der Waals surface area contributed by atoms with Gasteiger partial charge in [-0.3, -0.25) is 4.68 Å². The van der Waals surface area contributed by atoms with E-state index in [-0.39, 0.29) is 21.1 Å². The first-order chi connectivity index (χ1) is 29.3. The van der Waals surface area contributed by atoms with Crippen LogP contribution >= 0.6 is 0 Å². The summed E-state index contributed by atoms with van der Waals surface area (Å²) < 4.78 is 13.3. The predicted octanol–water partition coefficient (Wildman–Crippen LogP) is 13.9. The van der Waals surface area contributed by atoms with Crippen molar-refractivity contribution in [3.8, 4) is 39.8 Å². The quantitative estimate of drug-likeness (QED) is 0.128. The zero-order valence-corrected chi connectivity index (χ0v) is 37.6. The molecule has 4 aromatic heterocycles. The van der Waals surface area contributed by atoms with Crippen LogP contribution in [-0.4, -0.2) is 23.9 Å². The summed E-state index contributed by atoms with van der Waals surface area (Å²) in [6, 6.07) is 54.2. The smallest absolute Gasteiger partial charge is 0.509 e. The molecule has 0 N–H and O–H groups in total. The molecule has 0 bridgehead atoms. The molecule has 61 heavy (non-hydrogen) atoms. The van der Waals surface area contributed by atoms with Crippen molar-refractivity contribution < 1.29 is 25.8 Å². The van der Waals surface area contributed by atoms with E-state index < -0.39 is 0 Å². The second kappa shape index (κ2) is 16.3. The van der Waals surface area contributed by atoms with Gasteiger partial charge in [-0.2, -0.15) is 17.2 Å². The zero-order valence-electron chi connectivity index (χ0n) is 35.3. The van der Waals surface area contributed by atoms with Gasteiger partial charge in [-0.1, -0.05) is 132 Å². The first-order valence-electron chi connectivity index (χ1n) is 21.2. The minimum atomic E-state index is 0. The topological polar surface area (TPSA) is 49.8 Å². The van der Waals surface area contributed by atoms with Crippen LogP contribution in [0.25, 0.3) is 71.9 Å². The third kappa shape index (κ3) is 6.78. The van der Waals surface area contributed by atoms with Crippen LogP contribution in [-0.2, 0) is 33.9 Å². The molecule has 0 aliphatic heterocycles. The van der Waals surface area contributed by atoms with Crippen LogP contribution in [0, 0.1) is 12.1 Å².